The zero-order valence-corrected chi connectivity index (χ0v) is 15.2. The van der Waals surface area contributed by atoms with Gasteiger partial charge in [0.2, 0.25) is 10.0 Å². The molecule has 0 saturated carbocycles. The molecule has 0 bridgehead atoms. The lowest BCUT2D eigenvalue weighted by Gasteiger charge is -2.20. The lowest BCUT2D eigenvalue weighted by molar-refractivity contribution is 0.445. The molecule has 7 heteroatoms. The maximum absolute atomic E-state index is 12.4. The summed E-state index contributed by atoms with van der Waals surface area (Å²) in [7, 11) is -3.40. The van der Waals surface area contributed by atoms with E-state index < -0.39 is 10.0 Å². The Morgan fingerprint density at radius 2 is 1.73 bits per heavy atom. The Kier molecular flexibility index (Phi) is 7.25. The summed E-state index contributed by atoms with van der Waals surface area (Å²) in [4.78, 5) is 0.321. The van der Waals surface area contributed by atoms with Gasteiger partial charge in [-0.1, -0.05) is 26.0 Å². The number of nitrogens with one attached hydrogen (secondary N) is 2. The number of benzene rings is 1. The van der Waals surface area contributed by atoms with E-state index in [2.05, 4.69) is 10.6 Å². The maximum atomic E-state index is 12.4. The van der Waals surface area contributed by atoms with Gasteiger partial charge in [-0.3, -0.25) is 0 Å². The predicted octanol–water partition coefficient (Wildman–Crippen LogP) is 2.26. The van der Waals surface area contributed by atoms with Crippen LogP contribution in [-0.2, 0) is 10.0 Å². The molecular weight excluding hydrogens is 318 g/mol. The quantitative estimate of drug-likeness (QED) is 0.744. The molecule has 0 unspecified atom stereocenters. The monoisotopic (exact) mass is 343 g/mol. The number of thiocarbonyl (C=S) groups is 1. The van der Waals surface area contributed by atoms with Crippen LogP contribution in [0.2, 0.25) is 0 Å². The van der Waals surface area contributed by atoms with Gasteiger partial charge in [-0.25, -0.2) is 8.42 Å². The molecule has 22 heavy (non-hydrogen) atoms. The van der Waals surface area contributed by atoms with E-state index in [4.69, 9.17) is 12.2 Å². The van der Waals surface area contributed by atoms with E-state index in [1.807, 2.05) is 39.8 Å². The molecule has 0 aliphatic heterocycles. The van der Waals surface area contributed by atoms with Crippen LogP contribution in [0.5, 0.6) is 0 Å². The third-order valence-electron chi connectivity index (χ3n) is 3.41. The van der Waals surface area contributed by atoms with Gasteiger partial charge < -0.3 is 10.6 Å². The second kappa shape index (κ2) is 8.45. The molecule has 0 fully saturated rings. The Morgan fingerprint density at radius 1 is 1.18 bits per heavy atom. The molecule has 0 heterocycles. The first-order valence-electron chi connectivity index (χ1n) is 7.51. The van der Waals surface area contributed by atoms with Crippen molar-refractivity contribution in [2.24, 2.45) is 0 Å². The fraction of sp³-hybridized carbons (Fsp3) is 0.533. The Balaban J connectivity index is 2.88. The molecular formula is C15H25N3O2S2. The summed E-state index contributed by atoms with van der Waals surface area (Å²) in [6.45, 7) is 9.33. The van der Waals surface area contributed by atoms with Crippen LogP contribution in [0, 0.1) is 0 Å². The summed E-state index contributed by atoms with van der Waals surface area (Å²) in [6, 6.07) is 6.96. The smallest absolute Gasteiger partial charge is 0.243 e. The van der Waals surface area contributed by atoms with Crippen molar-refractivity contribution in [1.29, 1.82) is 0 Å². The molecule has 1 aromatic carbocycles. The number of hydrogen-bond donors (Lipinski definition) is 2. The molecule has 0 spiro atoms. The molecule has 1 atom stereocenters. The van der Waals surface area contributed by atoms with Gasteiger partial charge in [0.1, 0.15) is 0 Å². The van der Waals surface area contributed by atoms with E-state index in [-0.39, 0.29) is 6.04 Å². The van der Waals surface area contributed by atoms with Crippen molar-refractivity contribution in [3.8, 4) is 0 Å². The number of hydrogen-bond acceptors (Lipinski definition) is 3. The summed E-state index contributed by atoms with van der Waals surface area (Å²) in [5.41, 5.74) is 0.985. The molecule has 5 nitrogen and oxygen atoms in total. The second-order valence-electron chi connectivity index (χ2n) is 4.88. The number of nitrogens with zero attached hydrogens (tertiary/aromatic N) is 1. The van der Waals surface area contributed by atoms with E-state index in [0.717, 1.165) is 12.1 Å². The molecule has 1 rings (SSSR count). The molecule has 0 saturated heterocycles. The van der Waals surface area contributed by atoms with Gasteiger partial charge in [0.25, 0.3) is 0 Å². The summed E-state index contributed by atoms with van der Waals surface area (Å²) >= 11 is 5.16. The maximum Gasteiger partial charge on any atom is 0.243 e. The van der Waals surface area contributed by atoms with Crippen LogP contribution in [0.15, 0.2) is 29.2 Å². The molecule has 0 aromatic heterocycles. The zero-order valence-electron chi connectivity index (χ0n) is 13.6. The molecule has 1 aromatic rings. The first kappa shape index (κ1) is 18.9. The Labute approximate surface area is 139 Å². The van der Waals surface area contributed by atoms with Crippen LogP contribution >= 0.6 is 12.2 Å². The summed E-state index contributed by atoms with van der Waals surface area (Å²) in [5, 5.41) is 6.78. The van der Waals surface area contributed by atoms with Gasteiger partial charge in [0, 0.05) is 19.6 Å². The predicted molar refractivity (Wildman–Crippen MR) is 94.4 cm³/mol. The number of rotatable bonds is 7. The highest BCUT2D eigenvalue weighted by Crippen LogP contribution is 2.19. The normalized spacial score (nSPS) is 13.0. The fourth-order valence-corrected chi connectivity index (χ4v) is 3.91. The van der Waals surface area contributed by atoms with Crippen molar-refractivity contribution < 1.29 is 8.42 Å². The average molecular weight is 344 g/mol. The van der Waals surface area contributed by atoms with Crippen molar-refractivity contribution in [2.45, 2.75) is 38.6 Å². The first-order valence-corrected chi connectivity index (χ1v) is 9.36. The Morgan fingerprint density at radius 3 is 2.18 bits per heavy atom. The molecule has 0 aliphatic carbocycles. The van der Waals surface area contributed by atoms with E-state index >= 15 is 0 Å². The highest BCUT2D eigenvalue weighted by Gasteiger charge is 2.21. The van der Waals surface area contributed by atoms with Crippen LogP contribution in [0.25, 0.3) is 0 Å². The SMILES string of the molecule is CCNC(=S)N[C@H](C)c1ccc(S(=O)(=O)N(CC)CC)cc1. The van der Waals surface area contributed by atoms with Crippen molar-refractivity contribution in [3.63, 3.8) is 0 Å². The fourth-order valence-electron chi connectivity index (χ4n) is 2.13. The molecule has 0 aliphatic rings. The van der Waals surface area contributed by atoms with Gasteiger partial charge in [0.15, 0.2) is 5.11 Å². The van der Waals surface area contributed by atoms with E-state index in [0.29, 0.717) is 23.1 Å². The van der Waals surface area contributed by atoms with Crippen molar-refractivity contribution in [2.75, 3.05) is 19.6 Å². The highest BCUT2D eigenvalue weighted by molar-refractivity contribution is 7.89. The second-order valence-corrected chi connectivity index (χ2v) is 7.23. The standard InChI is InChI=1S/C15H25N3O2S2/c1-5-16-15(21)17-12(4)13-8-10-14(11-9-13)22(19,20)18(6-2)7-3/h8-12H,5-7H2,1-4H3,(H2,16,17,21)/t12-/m1/s1. The zero-order chi connectivity index (χ0) is 16.8. The minimum Gasteiger partial charge on any atom is -0.363 e. The third-order valence-corrected chi connectivity index (χ3v) is 5.73. The van der Waals surface area contributed by atoms with Crippen LogP contribution < -0.4 is 10.6 Å². The van der Waals surface area contributed by atoms with Crippen LogP contribution in [-0.4, -0.2) is 37.5 Å². The largest absolute Gasteiger partial charge is 0.363 e. The van der Waals surface area contributed by atoms with Crippen LogP contribution in [0.3, 0.4) is 0 Å². The third kappa shape index (κ3) is 4.66. The minimum atomic E-state index is -3.40. The van der Waals surface area contributed by atoms with Gasteiger partial charge in [0.05, 0.1) is 10.9 Å². The van der Waals surface area contributed by atoms with Gasteiger partial charge in [-0.05, 0) is 43.8 Å². The topological polar surface area (TPSA) is 61.4 Å². The summed E-state index contributed by atoms with van der Waals surface area (Å²) < 4.78 is 26.3. The summed E-state index contributed by atoms with van der Waals surface area (Å²) in [6.07, 6.45) is 0. The number of sulfonamides is 1. The van der Waals surface area contributed by atoms with Crippen LogP contribution in [0.4, 0.5) is 0 Å². The lowest BCUT2D eigenvalue weighted by atomic mass is 10.1. The van der Waals surface area contributed by atoms with Crippen molar-refractivity contribution >= 4 is 27.4 Å². The first-order chi connectivity index (χ1) is 10.4. The van der Waals surface area contributed by atoms with Gasteiger partial charge in [-0.15, -0.1) is 0 Å². The minimum absolute atomic E-state index is 0.0109. The van der Waals surface area contributed by atoms with Crippen molar-refractivity contribution in [3.05, 3.63) is 29.8 Å². The van der Waals surface area contributed by atoms with Crippen LogP contribution in [0.1, 0.15) is 39.3 Å². The molecule has 124 valence electrons. The van der Waals surface area contributed by atoms with Crippen molar-refractivity contribution in [1.82, 2.24) is 14.9 Å². The van der Waals surface area contributed by atoms with E-state index in [1.54, 1.807) is 12.1 Å². The summed E-state index contributed by atoms with van der Waals surface area (Å²) in [5.74, 6) is 0. The van der Waals surface area contributed by atoms with E-state index in [1.165, 1.54) is 4.31 Å². The lowest BCUT2D eigenvalue weighted by Crippen LogP contribution is -2.36. The Bertz CT molecular complexity index is 581. The Hall–Kier alpha value is -1.18. The molecule has 0 amide bonds. The van der Waals surface area contributed by atoms with E-state index in [9.17, 15) is 8.42 Å². The molecule has 2 N–H and O–H groups in total. The highest BCUT2D eigenvalue weighted by atomic mass is 32.2. The molecule has 0 radical (unpaired) electrons. The average Bonchev–Trinajstić information content (AvgIpc) is 2.48. The van der Waals surface area contributed by atoms with Gasteiger partial charge >= 0.3 is 0 Å². The van der Waals surface area contributed by atoms with Gasteiger partial charge in [-0.2, -0.15) is 4.31 Å².